The summed E-state index contributed by atoms with van der Waals surface area (Å²) in [6.07, 6.45) is 0.898. The van der Waals surface area contributed by atoms with Crippen LogP contribution in [0.3, 0.4) is 0 Å². The van der Waals surface area contributed by atoms with Crippen molar-refractivity contribution in [3.05, 3.63) is 35.9 Å². The molecule has 6 heteroatoms. The first kappa shape index (κ1) is 17.8. The number of piperazine rings is 1. The molecule has 2 amide bonds. The Morgan fingerprint density at radius 1 is 1.04 bits per heavy atom. The molecule has 126 valence electrons. The summed E-state index contributed by atoms with van der Waals surface area (Å²) in [6.45, 7) is 6.20. The Kier molecular flexibility index (Phi) is 5.65. The van der Waals surface area contributed by atoms with Gasteiger partial charge >= 0.3 is 0 Å². The predicted octanol–water partition coefficient (Wildman–Crippen LogP) is 1.39. The number of hydrogen-bond acceptors (Lipinski definition) is 3. The summed E-state index contributed by atoms with van der Waals surface area (Å²) in [5.74, 6) is 0.283. The average Bonchev–Trinajstić information content (AvgIpc) is 3.02. The zero-order valence-corrected chi connectivity index (χ0v) is 14.3. The van der Waals surface area contributed by atoms with Gasteiger partial charge in [0.05, 0.1) is 5.41 Å². The Morgan fingerprint density at radius 3 is 2.22 bits per heavy atom. The first-order valence-electron chi connectivity index (χ1n) is 7.95. The minimum Gasteiger partial charge on any atom is -0.339 e. The van der Waals surface area contributed by atoms with Crippen molar-refractivity contribution < 1.29 is 9.59 Å². The molecule has 2 saturated heterocycles. The van der Waals surface area contributed by atoms with Crippen molar-refractivity contribution in [2.45, 2.75) is 13.3 Å². The van der Waals surface area contributed by atoms with Gasteiger partial charge in [-0.1, -0.05) is 18.2 Å². The number of carbonyl (C=O) groups excluding carboxylic acids is 2. The number of hydrogen-bond donors (Lipinski definition) is 1. The van der Waals surface area contributed by atoms with Crippen LogP contribution in [-0.4, -0.2) is 60.9 Å². The zero-order valence-electron chi connectivity index (χ0n) is 13.5. The molecule has 1 unspecified atom stereocenters. The lowest BCUT2D eigenvalue weighted by Crippen LogP contribution is -2.54. The van der Waals surface area contributed by atoms with E-state index in [0.717, 1.165) is 19.5 Å². The molecule has 0 spiro atoms. The van der Waals surface area contributed by atoms with Crippen LogP contribution in [0.2, 0.25) is 0 Å². The summed E-state index contributed by atoms with van der Waals surface area (Å²) >= 11 is 0. The minimum atomic E-state index is -0.272. The van der Waals surface area contributed by atoms with Gasteiger partial charge < -0.3 is 15.1 Å². The Labute approximate surface area is 143 Å². The molecule has 0 radical (unpaired) electrons. The third-order valence-electron chi connectivity index (χ3n) is 4.76. The van der Waals surface area contributed by atoms with Crippen LogP contribution in [0.5, 0.6) is 0 Å². The fourth-order valence-electron chi connectivity index (χ4n) is 3.26. The highest BCUT2D eigenvalue weighted by molar-refractivity contribution is 5.94. The molecular weight excluding hydrogens is 314 g/mol. The Balaban J connectivity index is 0.00000192. The number of nitrogens with zero attached hydrogens (tertiary/aromatic N) is 2. The molecule has 0 aromatic heterocycles. The van der Waals surface area contributed by atoms with E-state index in [1.165, 1.54) is 0 Å². The summed E-state index contributed by atoms with van der Waals surface area (Å²) in [4.78, 5) is 28.8. The SMILES string of the molecule is CC1(C(=O)N2CCN(C(=O)c3ccccc3)CC2)CCNC1.Cl. The van der Waals surface area contributed by atoms with Crippen molar-refractivity contribution in [1.82, 2.24) is 15.1 Å². The van der Waals surface area contributed by atoms with Gasteiger partial charge in [0.2, 0.25) is 5.91 Å². The normalized spacial score (nSPS) is 24.2. The maximum atomic E-state index is 12.7. The molecule has 2 aliphatic rings. The van der Waals surface area contributed by atoms with Gasteiger partial charge in [0, 0.05) is 38.3 Å². The van der Waals surface area contributed by atoms with Gasteiger partial charge in [0.15, 0.2) is 0 Å². The Bertz CT molecular complexity index is 550. The molecular formula is C17H24ClN3O2. The molecule has 1 N–H and O–H groups in total. The van der Waals surface area contributed by atoms with Crippen LogP contribution < -0.4 is 5.32 Å². The minimum absolute atomic E-state index is 0. The first-order chi connectivity index (χ1) is 10.6. The van der Waals surface area contributed by atoms with E-state index in [1.807, 2.05) is 47.1 Å². The summed E-state index contributed by atoms with van der Waals surface area (Å²) in [6, 6.07) is 9.34. The van der Waals surface area contributed by atoms with Gasteiger partial charge in [0.1, 0.15) is 0 Å². The second kappa shape index (κ2) is 7.32. The van der Waals surface area contributed by atoms with Crippen LogP contribution in [-0.2, 0) is 4.79 Å². The standard InChI is InChI=1S/C17H23N3O2.ClH/c1-17(7-8-18-13-17)16(22)20-11-9-19(10-12-20)15(21)14-5-3-2-4-6-14;/h2-6,18H,7-13H2,1H3;1H. The highest BCUT2D eigenvalue weighted by atomic mass is 35.5. The second-order valence-corrected chi connectivity index (χ2v) is 6.44. The molecule has 1 aromatic carbocycles. The van der Waals surface area contributed by atoms with Crippen LogP contribution in [0, 0.1) is 5.41 Å². The third kappa shape index (κ3) is 3.67. The van der Waals surface area contributed by atoms with Gasteiger partial charge in [-0.25, -0.2) is 0 Å². The van der Waals surface area contributed by atoms with Crippen LogP contribution in [0.15, 0.2) is 30.3 Å². The highest BCUT2D eigenvalue weighted by Gasteiger charge is 2.40. The van der Waals surface area contributed by atoms with E-state index in [1.54, 1.807) is 0 Å². The van der Waals surface area contributed by atoms with E-state index in [0.29, 0.717) is 31.7 Å². The summed E-state index contributed by atoms with van der Waals surface area (Å²) < 4.78 is 0. The lowest BCUT2D eigenvalue weighted by atomic mass is 9.88. The quantitative estimate of drug-likeness (QED) is 0.887. The van der Waals surface area contributed by atoms with Gasteiger partial charge in [-0.3, -0.25) is 9.59 Å². The number of carbonyl (C=O) groups is 2. The van der Waals surface area contributed by atoms with E-state index in [4.69, 9.17) is 0 Å². The van der Waals surface area contributed by atoms with Crippen molar-refractivity contribution in [1.29, 1.82) is 0 Å². The van der Waals surface area contributed by atoms with Crippen LogP contribution in [0.4, 0.5) is 0 Å². The summed E-state index contributed by atoms with van der Waals surface area (Å²) in [5.41, 5.74) is 0.445. The highest BCUT2D eigenvalue weighted by Crippen LogP contribution is 2.27. The second-order valence-electron chi connectivity index (χ2n) is 6.44. The lowest BCUT2D eigenvalue weighted by molar-refractivity contribution is -0.141. The molecule has 3 rings (SSSR count). The number of halogens is 1. The van der Waals surface area contributed by atoms with Gasteiger partial charge in [-0.15, -0.1) is 12.4 Å². The molecule has 0 saturated carbocycles. The number of benzene rings is 1. The van der Waals surface area contributed by atoms with Gasteiger partial charge in [-0.2, -0.15) is 0 Å². The number of nitrogens with one attached hydrogen (secondary N) is 1. The maximum absolute atomic E-state index is 12.7. The fourth-order valence-corrected chi connectivity index (χ4v) is 3.26. The van der Waals surface area contributed by atoms with E-state index >= 15 is 0 Å². The first-order valence-corrected chi connectivity index (χ1v) is 7.95. The van der Waals surface area contributed by atoms with E-state index in [9.17, 15) is 9.59 Å². The topological polar surface area (TPSA) is 52.7 Å². The monoisotopic (exact) mass is 337 g/mol. The van der Waals surface area contributed by atoms with E-state index in [-0.39, 0.29) is 29.6 Å². The Morgan fingerprint density at radius 2 is 1.65 bits per heavy atom. The van der Waals surface area contributed by atoms with Crippen molar-refractivity contribution in [2.24, 2.45) is 5.41 Å². The predicted molar refractivity (Wildman–Crippen MR) is 91.8 cm³/mol. The van der Waals surface area contributed by atoms with Crippen LogP contribution in [0.1, 0.15) is 23.7 Å². The number of amides is 2. The third-order valence-corrected chi connectivity index (χ3v) is 4.76. The van der Waals surface area contributed by atoms with Crippen molar-refractivity contribution in [3.8, 4) is 0 Å². The summed E-state index contributed by atoms with van der Waals surface area (Å²) in [5, 5.41) is 3.27. The smallest absolute Gasteiger partial charge is 0.253 e. The summed E-state index contributed by atoms with van der Waals surface area (Å²) in [7, 11) is 0. The molecule has 23 heavy (non-hydrogen) atoms. The van der Waals surface area contributed by atoms with Crippen molar-refractivity contribution >= 4 is 24.2 Å². The average molecular weight is 338 g/mol. The molecule has 0 aliphatic carbocycles. The molecule has 5 nitrogen and oxygen atoms in total. The molecule has 2 aliphatic heterocycles. The largest absolute Gasteiger partial charge is 0.339 e. The fraction of sp³-hybridized carbons (Fsp3) is 0.529. The lowest BCUT2D eigenvalue weighted by Gasteiger charge is -2.38. The molecule has 2 fully saturated rings. The van der Waals surface area contributed by atoms with Gasteiger partial charge in [-0.05, 0) is 32.0 Å². The number of rotatable bonds is 2. The zero-order chi connectivity index (χ0) is 15.6. The molecule has 0 bridgehead atoms. The molecule has 1 atom stereocenters. The Hall–Kier alpha value is -1.59. The molecule has 1 aromatic rings. The van der Waals surface area contributed by atoms with Crippen LogP contribution in [0.25, 0.3) is 0 Å². The van der Waals surface area contributed by atoms with E-state index in [2.05, 4.69) is 5.32 Å². The molecule has 2 heterocycles. The van der Waals surface area contributed by atoms with Gasteiger partial charge in [0.25, 0.3) is 5.91 Å². The maximum Gasteiger partial charge on any atom is 0.253 e. The van der Waals surface area contributed by atoms with Crippen LogP contribution >= 0.6 is 12.4 Å². The van der Waals surface area contributed by atoms with Crippen molar-refractivity contribution in [3.63, 3.8) is 0 Å². The van der Waals surface area contributed by atoms with E-state index < -0.39 is 0 Å². The van der Waals surface area contributed by atoms with Crippen molar-refractivity contribution in [2.75, 3.05) is 39.3 Å².